The van der Waals surface area contributed by atoms with Crippen LogP contribution < -0.4 is 4.70 Å². The molecule has 250 valence electrons. The first-order valence-electron chi connectivity index (χ1n) is 16.6. The molecule has 9 heteroatoms. The number of aliphatic hydroxyl groups excluding tert-OH is 1. The van der Waals surface area contributed by atoms with Gasteiger partial charge in [-0.15, -0.1) is 0 Å². The van der Waals surface area contributed by atoms with E-state index in [0.29, 0.717) is 32.7 Å². The predicted octanol–water partition coefficient (Wildman–Crippen LogP) is 3.26. The zero-order chi connectivity index (χ0) is 31.1. The van der Waals surface area contributed by atoms with Crippen LogP contribution in [0.25, 0.3) is 0 Å². The lowest BCUT2D eigenvalue weighted by atomic mass is 10.1. The van der Waals surface area contributed by atoms with E-state index < -0.39 is 6.09 Å². The number of methoxy groups -OCH3 is 1. The lowest BCUT2D eigenvalue weighted by Gasteiger charge is -2.39. The number of amides is 2. The van der Waals surface area contributed by atoms with Gasteiger partial charge < -0.3 is 33.6 Å². The molecule has 0 aromatic heterocycles. The second-order valence-corrected chi connectivity index (χ2v) is 11.6. The summed E-state index contributed by atoms with van der Waals surface area (Å²) in [6.45, 7) is 16.7. The van der Waals surface area contributed by atoms with E-state index in [2.05, 4.69) is 27.7 Å². The first kappa shape index (κ1) is 40.8. The molecule has 1 aliphatic heterocycles. The zero-order valence-electron chi connectivity index (χ0n) is 27.9. The molecule has 1 N–H and O–H groups in total. The third-order valence-electron chi connectivity index (χ3n) is 8.20. The Labute approximate surface area is 261 Å². The Morgan fingerprint density at radius 2 is 1.42 bits per heavy atom. The fraction of sp³-hybridized carbons (Fsp3) is 0.765. The minimum atomic E-state index is -0.413. The van der Waals surface area contributed by atoms with Crippen LogP contribution in [0.5, 0.6) is 0 Å². The number of carbonyl (C=O) groups is 2. The average Bonchev–Trinajstić information content (AvgIpc) is 3.21. The van der Waals surface area contributed by atoms with Gasteiger partial charge in [-0.25, -0.2) is 4.79 Å². The standard InChI is InChI=1S/C18H26N2O5.C16H36N.FH/c1-24-14-16(8-12-21)20-11-10-19(9-7-17(20)22)18(23)25-13-15-5-3-2-4-6-15;1-5-9-13-17(14-10-6-2,15-11-7-3)16-12-8-4;/h2-6,16,21H,7-14H2,1H3;5-16H2,1-4H3;1H/q;+1;/p-1. The van der Waals surface area contributed by atoms with Gasteiger partial charge in [-0.2, -0.15) is 0 Å². The van der Waals surface area contributed by atoms with E-state index in [-0.39, 0.29) is 36.3 Å². The van der Waals surface area contributed by atoms with E-state index >= 15 is 0 Å². The third-order valence-corrected chi connectivity index (χ3v) is 8.20. The fourth-order valence-corrected chi connectivity index (χ4v) is 5.53. The summed E-state index contributed by atoms with van der Waals surface area (Å²) in [5.41, 5.74) is 0.923. The highest BCUT2D eigenvalue weighted by molar-refractivity contribution is 5.78. The van der Waals surface area contributed by atoms with Crippen molar-refractivity contribution in [1.82, 2.24) is 9.80 Å². The number of carbonyl (C=O) groups excluding carboxylic acids is 2. The molecule has 1 fully saturated rings. The van der Waals surface area contributed by atoms with Gasteiger partial charge in [0, 0.05) is 39.8 Å². The van der Waals surface area contributed by atoms with Gasteiger partial charge in [0.2, 0.25) is 5.91 Å². The summed E-state index contributed by atoms with van der Waals surface area (Å²) >= 11 is 0. The molecular weight excluding hydrogens is 549 g/mol. The van der Waals surface area contributed by atoms with Crippen LogP contribution in [0.2, 0.25) is 0 Å². The van der Waals surface area contributed by atoms with E-state index in [1.165, 1.54) is 82.0 Å². The lowest BCUT2D eigenvalue weighted by Crippen LogP contribution is -3.00. The molecule has 1 aromatic rings. The molecule has 2 rings (SSSR count). The summed E-state index contributed by atoms with van der Waals surface area (Å²) in [4.78, 5) is 27.9. The molecule has 1 atom stereocenters. The highest BCUT2D eigenvalue weighted by Gasteiger charge is 2.29. The average molecular weight is 612 g/mol. The molecule has 0 aliphatic carbocycles. The van der Waals surface area contributed by atoms with Crippen LogP contribution >= 0.6 is 0 Å². The number of ether oxygens (including phenoxy) is 2. The van der Waals surface area contributed by atoms with Crippen LogP contribution in [0, 0.1) is 0 Å². The van der Waals surface area contributed by atoms with Crippen molar-refractivity contribution in [2.75, 3.05) is 66.1 Å². The maximum atomic E-state index is 12.4. The molecule has 8 nitrogen and oxygen atoms in total. The van der Waals surface area contributed by atoms with Crippen molar-refractivity contribution < 1.29 is 33.4 Å². The summed E-state index contributed by atoms with van der Waals surface area (Å²) in [5, 5.41) is 9.19. The maximum absolute atomic E-state index is 12.4. The van der Waals surface area contributed by atoms with Crippen molar-refractivity contribution in [1.29, 1.82) is 0 Å². The topological polar surface area (TPSA) is 79.3 Å². The zero-order valence-corrected chi connectivity index (χ0v) is 27.9. The number of halogens is 1. The van der Waals surface area contributed by atoms with Crippen molar-refractivity contribution in [2.45, 2.75) is 105 Å². The first-order valence-corrected chi connectivity index (χ1v) is 16.6. The molecule has 0 bridgehead atoms. The van der Waals surface area contributed by atoms with Crippen molar-refractivity contribution in [3.05, 3.63) is 35.9 Å². The van der Waals surface area contributed by atoms with Gasteiger partial charge in [0.25, 0.3) is 0 Å². The normalized spacial score (nSPS) is 14.3. The van der Waals surface area contributed by atoms with Gasteiger partial charge in [-0.1, -0.05) is 83.7 Å². The molecule has 43 heavy (non-hydrogen) atoms. The molecule has 0 spiro atoms. The number of hydrogen-bond acceptors (Lipinski definition) is 5. The van der Waals surface area contributed by atoms with Gasteiger partial charge in [-0.05, 0) is 37.7 Å². The minimum Gasteiger partial charge on any atom is -1.00 e. The molecular formula is C34H62FN3O5. The number of unbranched alkanes of at least 4 members (excludes halogenated alkanes) is 4. The predicted molar refractivity (Wildman–Crippen MR) is 171 cm³/mol. The molecule has 1 heterocycles. The van der Waals surface area contributed by atoms with Crippen LogP contribution in [0.3, 0.4) is 0 Å². The van der Waals surface area contributed by atoms with Gasteiger partial charge >= 0.3 is 6.09 Å². The Balaban J connectivity index is 0.000000865. The molecule has 2 amide bonds. The second kappa shape index (κ2) is 25.1. The second-order valence-electron chi connectivity index (χ2n) is 11.6. The molecule has 1 saturated heterocycles. The van der Waals surface area contributed by atoms with Crippen molar-refractivity contribution in [3.63, 3.8) is 0 Å². The van der Waals surface area contributed by atoms with E-state index in [9.17, 15) is 14.7 Å². The minimum absolute atomic E-state index is 0. The monoisotopic (exact) mass is 611 g/mol. The SMILES string of the molecule is CCCC[N+](CCCC)(CCCC)CCCC.COCC(CCO)N1CCN(C(=O)OCc2ccccc2)CCC1=O.[F-]. The van der Waals surface area contributed by atoms with Gasteiger partial charge in [-0.3, -0.25) is 4.79 Å². The van der Waals surface area contributed by atoms with Crippen LogP contribution in [-0.4, -0.2) is 104 Å². The van der Waals surface area contributed by atoms with E-state index in [0.717, 1.165) is 5.56 Å². The Morgan fingerprint density at radius 1 is 0.884 bits per heavy atom. The summed E-state index contributed by atoms with van der Waals surface area (Å²) in [7, 11) is 1.57. The number of hydrogen-bond donors (Lipinski definition) is 1. The summed E-state index contributed by atoms with van der Waals surface area (Å²) < 4.78 is 11.9. The van der Waals surface area contributed by atoms with Crippen molar-refractivity contribution in [3.8, 4) is 0 Å². The molecule has 1 unspecified atom stereocenters. The highest BCUT2D eigenvalue weighted by Crippen LogP contribution is 2.17. The van der Waals surface area contributed by atoms with Crippen LogP contribution in [0.1, 0.15) is 97.5 Å². The fourth-order valence-electron chi connectivity index (χ4n) is 5.53. The molecule has 0 saturated carbocycles. The lowest BCUT2D eigenvalue weighted by molar-refractivity contribution is -0.929. The first-order chi connectivity index (χ1) is 20.4. The van der Waals surface area contributed by atoms with Crippen molar-refractivity contribution in [2.24, 2.45) is 0 Å². The third kappa shape index (κ3) is 16.4. The number of quaternary nitrogens is 1. The summed E-state index contributed by atoms with van der Waals surface area (Å²) in [6, 6.07) is 9.30. The smallest absolute Gasteiger partial charge is 0.410 e. The summed E-state index contributed by atoms with van der Waals surface area (Å²) in [5.74, 6) is -0.0335. The van der Waals surface area contributed by atoms with Crippen LogP contribution in [-0.2, 0) is 20.9 Å². The molecule has 1 aromatic carbocycles. The van der Waals surface area contributed by atoms with Crippen molar-refractivity contribution >= 4 is 12.0 Å². The number of benzene rings is 1. The number of nitrogens with zero attached hydrogens (tertiary/aromatic N) is 3. The quantitative estimate of drug-likeness (QED) is 0.243. The number of rotatable bonds is 19. The Bertz CT molecular complexity index is 786. The largest absolute Gasteiger partial charge is 1.00 e. The number of aliphatic hydroxyl groups is 1. The van der Waals surface area contributed by atoms with Crippen LogP contribution in [0.4, 0.5) is 4.79 Å². The van der Waals surface area contributed by atoms with Gasteiger partial charge in [0.1, 0.15) is 6.61 Å². The van der Waals surface area contributed by atoms with E-state index in [4.69, 9.17) is 9.47 Å². The molecule has 1 aliphatic rings. The summed E-state index contributed by atoms with van der Waals surface area (Å²) in [6.07, 6.45) is 11.3. The highest BCUT2D eigenvalue weighted by atomic mass is 19.0. The van der Waals surface area contributed by atoms with Gasteiger partial charge in [0.15, 0.2) is 0 Å². The van der Waals surface area contributed by atoms with E-state index in [1.807, 2.05) is 30.3 Å². The Kier molecular flexibility index (Phi) is 23.8. The Hall–Kier alpha value is -2.23. The van der Waals surface area contributed by atoms with Crippen LogP contribution in [0.15, 0.2) is 30.3 Å². The Morgan fingerprint density at radius 3 is 1.88 bits per heavy atom. The molecule has 0 radical (unpaired) electrons. The van der Waals surface area contributed by atoms with E-state index in [1.54, 1.807) is 16.9 Å². The van der Waals surface area contributed by atoms with Gasteiger partial charge in [0.05, 0.1) is 38.8 Å². The maximum Gasteiger partial charge on any atom is 0.410 e.